The van der Waals surface area contributed by atoms with E-state index in [0.29, 0.717) is 22.2 Å². The number of rotatable bonds is 9. The number of H-pyrrole nitrogens is 1. The molecule has 0 spiro atoms. The SMILES string of the molecule is Cc1cc2cc(CN(CCN3CCOCC3)C(=S)NCCCN3CCOCC3)c(=O)[nH]c2cc1Cl. The van der Waals surface area contributed by atoms with Crippen molar-refractivity contribution in [2.75, 3.05) is 78.8 Å². The molecule has 0 saturated carbocycles. The summed E-state index contributed by atoms with van der Waals surface area (Å²) in [5.41, 5.74) is 2.32. The lowest BCUT2D eigenvalue weighted by Gasteiger charge is -2.31. The van der Waals surface area contributed by atoms with E-state index in [1.54, 1.807) is 0 Å². The summed E-state index contributed by atoms with van der Waals surface area (Å²) >= 11 is 12.0. The highest BCUT2D eigenvalue weighted by atomic mass is 35.5. The molecule has 2 fully saturated rings. The first kappa shape index (κ1) is 26.3. The zero-order valence-electron chi connectivity index (χ0n) is 20.5. The van der Waals surface area contributed by atoms with Gasteiger partial charge >= 0.3 is 0 Å². The number of aromatic nitrogens is 1. The molecule has 0 atom stereocenters. The molecule has 0 aliphatic carbocycles. The van der Waals surface area contributed by atoms with Crippen molar-refractivity contribution in [3.05, 3.63) is 44.7 Å². The number of morpholine rings is 2. The Bertz CT molecular complexity index is 1050. The maximum absolute atomic E-state index is 12.9. The summed E-state index contributed by atoms with van der Waals surface area (Å²) < 4.78 is 10.9. The zero-order chi connectivity index (χ0) is 24.6. The van der Waals surface area contributed by atoms with Gasteiger partial charge in [-0.25, -0.2) is 0 Å². The molecule has 4 rings (SSSR count). The molecule has 2 aliphatic rings. The Morgan fingerprint density at radius 3 is 2.43 bits per heavy atom. The molecule has 192 valence electrons. The van der Waals surface area contributed by atoms with Gasteiger partial charge in [-0.2, -0.15) is 0 Å². The van der Waals surface area contributed by atoms with Crippen LogP contribution in [-0.2, 0) is 16.0 Å². The lowest BCUT2D eigenvalue weighted by molar-refractivity contribution is 0.0356. The van der Waals surface area contributed by atoms with Crippen molar-refractivity contribution in [3.8, 4) is 0 Å². The molecule has 0 bridgehead atoms. The highest BCUT2D eigenvalue weighted by Crippen LogP contribution is 2.22. The molecule has 2 N–H and O–H groups in total. The number of nitrogens with zero attached hydrogens (tertiary/aromatic N) is 3. The Morgan fingerprint density at radius 2 is 1.74 bits per heavy atom. The Morgan fingerprint density at radius 1 is 1.09 bits per heavy atom. The lowest BCUT2D eigenvalue weighted by atomic mass is 10.1. The van der Waals surface area contributed by atoms with E-state index in [1.165, 1.54) is 0 Å². The molecule has 2 aliphatic heterocycles. The Kier molecular flexibility index (Phi) is 9.76. The van der Waals surface area contributed by atoms with Gasteiger partial charge in [0.15, 0.2) is 5.11 Å². The van der Waals surface area contributed by atoms with E-state index in [0.717, 1.165) is 102 Å². The summed E-state index contributed by atoms with van der Waals surface area (Å²) in [5.74, 6) is 0. The van der Waals surface area contributed by atoms with Crippen molar-refractivity contribution in [1.82, 2.24) is 25.0 Å². The second-order valence-corrected chi connectivity index (χ2v) is 10.0. The Hall–Kier alpha value is -1.75. The lowest BCUT2D eigenvalue weighted by Crippen LogP contribution is -2.46. The second-order valence-electron chi connectivity index (χ2n) is 9.23. The number of fused-ring (bicyclic) bond motifs is 1. The first-order valence-corrected chi connectivity index (χ1v) is 13.2. The highest BCUT2D eigenvalue weighted by molar-refractivity contribution is 7.80. The van der Waals surface area contributed by atoms with Gasteiger partial charge in [0, 0.05) is 61.9 Å². The summed E-state index contributed by atoms with van der Waals surface area (Å²) in [6.07, 6.45) is 1.01. The molecule has 1 aromatic heterocycles. The van der Waals surface area contributed by atoms with Crippen LogP contribution in [0.1, 0.15) is 17.5 Å². The summed E-state index contributed by atoms with van der Waals surface area (Å²) in [5, 5.41) is 5.74. The quantitative estimate of drug-likeness (QED) is 0.384. The van der Waals surface area contributed by atoms with Crippen molar-refractivity contribution in [1.29, 1.82) is 0 Å². The van der Waals surface area contributed by atoms with Gasteiger partial charge in [-0.05, 0) is 61.3 Å². The number of aryl methyl sites for hydroxylation is 1. The molecule has 0 radical (unpaired) electrons. The molecular formula is C25H36ClN5O3S. The number of pyridine rings is 1. The minimum Gasteiger partial charge on any atom is -0.379 e. The van der Waals surface area contributed by atoms with Crippen molar-refractivity contribution in [2.24, 2.45) is 0 Å². The van der Waals surface area contributed by atoms with Gasteiger partial charge in [0.25, 0.3) is 5.56 Å². The smallest absolute Gasteiger partial charge is 0.253 e. The monoisotopic (exact) mass is 521 g/mol. The fraction of sp³-hybridized carbons (Fsp3) is 0.600. The van der Waals surface area contributed by atoms with Crippen LogP contribution in [0.3, 0.4) is 0 Å². The minimum absolute atomic E-state index is 0.107. The van der Waals surface area contributed by atoms with E-state index in [1.807, 2.05) is 25.1 Å². The fourth-order valence-electron chi connectivity index (χ4n) is 4.48. The average Bonchev–Trinajstić information content (AvgIpc) is 2.87. The molecule has 0 amide bonds. The van der Waals surface area contributed by atoms with Crippen LogP contribution in [0.5, 0.6) is 0 Å². The molecule has 35 heavy (non-hydrogen) atoms. The first-order valence-electron chi connectivity index (χ1n) is 12.4. The van der Waals surface area contributed by atoms with Gasteiger partial charge < -0.3 is 24.7 Å². The summed E-state index contributed by atoms with van der Waals surface area (Å²) in [4.78, 5) is 22.8. The maximum atomic E-state index is 12.9. The van der Waals surface area contributed by atoms with Crippen LogP contribution in [0.2, 0.25) is 5.02 Å². The van der Waals surface area contributed by atoms with Crippen molar-refractivity contribution in [2.45, 2.75) is 19.9 Å². The van der Waals surface area contributed by atoms with E-state index in [9.17, 15) is 4.79 Å². The van der Waals surface area contributed by atoms with Crippen molar-refractivity contribution >= 4 is 39.8 Å². The summed E-state index contributed by atoms with van der Waals surface area (Å²) in [6.45, 7) is 12.8. The second kappa shape index (κ2) is 13.0. The Balaban J connectivity index is 1.41. The molecular weight excluding hydrogens is 486 g/mol. The zero-order valence-corrected chi connectivity index (χ0v) is 22.1. The molecule has 8 nitrogen and oxygen atoms in total. The molecule has 0 unspecified atom stereocenters. The molecule has 2 saturated heterocycles. The van der Waals surface area contributed by atoms with Gasteiger partial charge in [-0.15, -0.1) is 0 Å². The normalized spacial score (nSPS) is 17.5. The number of thiocarbonyl (C=S) groups is 1. The number of aromatic amines is 1. The standard InChI is InChI=1S/C25H36ClN5O3S/c1-19-15-20-16-21(24(32)28-23(20)17-22(19)26)18-31(6-5-30-9-13-34-14-10-30)25(35)27-3-2-4-29-7-11-33-12-8-29/h15-17H,2-14,18H2,1H3,(H,27,35)(H,28,32). The topological polar surface area (TPSA) is 73.1 Å². The van der Waals surface area contributed by atoms with E-state index in [2.05, 4.69) is 25.0 Å². The summed E-state index contributed by atoms with van der Waals surface area (Å²) in [7, 11) is 0. The van der Waals surface area contributed by atoms with E-state index in [-0.39, 0.29) is 5.56 Å². The van der Waals surface area contributed by atoms with E-state index >= 15 is 0 Å². The predicted molar refractivity (Wildman–Crippen MR) is 144 cm³/mol. The van der Waals surface area contributed by atoms with Crippen LogP contribution in [0.4, 0.5) is 0 Å². The van der Waals surface area contributed by atoms with Gasteiger partial charge in [0.1, 0.15) is 0 Å². The third kappa shape index (κ3) is 7.62. The predicted octanol–water partition coefficient (Wildman–Crippen LogP) is 2.22. The Labute approximate surface area is 217 Å². The van der Waals surface area contributed by atoms with Gasteiger partial charge in [0.05, 0.1) is 33.0 Å². The number of ether oxygens (including phenoxy) is 2. The van der Waals surface area contributed by atoms with Crippen LogP contribution in [-0.4, -0.2) is 104 Å². The van der Waals surface area contributed by atoms with Crippen molar-refractivity contribution in [3.63, 3.8) is 0 Å². The first-order chi connectivity index (χ1) is 17.0. The summed E-state index contributed by atoms with van der Waals surface area (Å²) in [6, 6.07) is 5.78. The van der Waals surface area contributed by atoms with E-state index in [4.69, 9.17) is 33.3 Å². The number of hydrogen-bond acceptors (Lipinski definition) is 6. The highest BCUT2D eigenvalue weighted by Gasteiger charge is 2.17. The molecule has 3 heterocycles. The third-order valence-electron chi connectivity index (χ3n) is 6.67. The maximum Gasteiger partial charge on any atom is 0.253 e. The largest absolute Gasteiger partial charge is 0.379 e. The van der Waals surface area contributed by atoms with Crippen LogP contribution in [0.25, 0.3) is 10.9 Å². The van der Waals surface area contributed by atoms with Crippen LogP contribution in [0, 0.1) is 6.92 Å². The number of halogens is 1. The molecule has 1 aromatic carbocycles. The van der Waals surface area contributed by atoms with Crippen LogP contribution >= 0.6 is 23.8 Å². The fourth-order valence-corrected chi connectivity index (χ4v) is 4.91. The van der Waals surface area contributed by atoms with Gasteiger partial charge in [-0.3, -0.25) is 14.6 Å². The van der Waals surface area contributed by atoms with Crippen LogP contribution in [0.15, 0.2) is 23.0 Å². The van der Waals surface area contributed by atoms with Gasteiger partial charge in [0.2, 0.25) is 0 Å². The molecule has 10 heteroatoms. The van der Waals surface area contributed by atoms with Crippen LogP contribution < -0.4 is 10.9 Å². The number of nitrogens with one attached hydrogen (secondary N) is 2. The number of hydrogen-bond donors (Lipinski definition) is 2. The van der Waals surface area contributed by atoms with Crippen molar-refractivity contribution < 1.29 is 9.47 Å². The van der Waals surface area contributed by atoms with Gasteiger partial charge in [-0.1, -0.05) is 11.6 Å². The van der Waals surface area contributed by atoms with E-state index < -0.39 is 0 Å². The average molecular weight is 522 g/mol. The number of benzene rings is 1. The molecule has 2 aromatic rings. The third-order valence-corrected chi connectivity index (χ3v) is 7.48. The minimum atomic E-state index is -0.107.